The Bertz CT molecular complexity index is 1160. The average Bonchev–Trinajstić information content (AvgIpc) is 3.02. The Morgan fingerprint density at radius 3 is 2.86 bits per heavy atom. The first kappa shape index (κ1) is 11.9. The van der Waals surface area contributed by atoms with Crippen LogP contribution < -0.4 is 0 Å². The Kier molecular flexibility index (Phi) is 2.33. The van der Waals surface area contributed by atoms with Crippen molar-refractivity contribution in [3.8, 4) is 0 Å². The quantitative estimate of drug-likeness (QED) is 0.333. The summed E-state index contributed by atoms with van der Waals surface area (Å²) in [5.41, 5.74) is 1.92. The molecule has 4 aromatic heterocycles. The van der Waals surface area contributed by atoms with Crippen LogP contribution in [-0.2, 0) is 0 Å². The Morgan fingerprint density at radius 2 is 1.90 bits per heavy atom. The van der Waals surface area contributed by atoms with Crippen LogP contribution in [0.15, 0.2) is 42.7 Å². The molecule has 0 amide bonds. The molecule has 0 bridgehead atoms. The van der Waals surface area contributed by atoms with Crippen molar-refractivity contribution in [2.45, 2.75) is 0 Å². The third-order valence-electron chi connectivity index (χ3n) is 3.69. The van der Waals surface area contributed by atoms with Gasteiger partial charge in [-0.05, 0) is 12.1 Å². The lowest BCUT2D eigenvalue weighted by molar-refractivity contribution is 1.39. The Morgan fingerprint density at radius 1 is 0.952 bits per heavy atom. The molecule has 0 aliphatic rings. The van der Waals surface area contributed by atoms with Crippen LogP contribution in [0.2, 0.25) is 4.34 Å². The lowest BCUT2D eigenvalue weighted by Gasteiger charge is -2.03. The van der Waals surface area contributed by atoms with Gasteiger partial charge < -0.3 is 0 Å². The predicted molar refractivity (Wildman–Crippen MR) is 92.8 cm³/mol. The fourth-order valence-electron chi connectivity index (χ4n) is 2.81. The van der Waals surface area contributed by atoms with Gasteiger partial charge in [-0.3, -0.25) is 9.97 Å². The van der Waals surface area contributed by atoms with Crippen molar-refractivity contribution >= 4 is 75.6 Å². The monoisotopic (exact) mass is 326 g/mol. The lowest BCUT2D eigenvalue weighted by Crippen LogP contribution is -1.84. The number of hydrogen-bond donors (Lipinski definition) is 0. The minimum absolute atomic E-state index is 0.835. The summed E-state index contributed by atoms with van der Waals surface area (Å²) in [4.78, 5) is 9.16. The van der Waals surface area contributed by atoms with Gasteiger partial charge in [-0.2, -0.15) is 0 Å². The third kappa shape index (κ3) is 1.58. The highest BCUT2D eigenvalue weighted by Crippen LogP contribution is 2.44. The van der Waals surface area contributed by atoms with Crippen molar-refractivity contribution < 1.29 is 0 Å². The summed E-state index contributed by atoms with van der Waals surface area (Å²) in [5.74, 6) is 0. The summed E-state index contributed by atoms with van der Waals surface area (Å²) in [6, 6.07) is 10.3. The molecule has 0 saturated heterocycles. The van der Waals surface area contributed by atoms with Crippen LogP contribution in [0.5, 0.6) is 0 Å². The molecule has 1 aromatic carbocycles. The molecule has 2 nitrogen and oxygen atoms in total. The van der Waals surface area contributed by atoms with Gasteiger partial charge >= 0.3 is 0 Å². The van der Waals surface area contributed by atoms with Crippen LogP contribution in [0.1, 0.15) is 0 Å². The minimum Gasteiger partial charge on any atom is -0.254 e. The van der Waals surface area contributed by atoms with Crippen LogP contribution in [-0.4, -0.2) is 9.97 Å². The van der Waals surface area contributed by atoms with Gasteiger partial charge in [-0.15, -0.1) is 22.7 Å². The number of hydrogen-bond acceptors (Lipinski definition) is 4. The van der Waals surface area contributed by atoms with Gasteiger partial charge in [0.05, 0.1) is 24.8 Å². The maximum Gasteiger partial charge on any atom is 0.0972 e. The highest BCUT2D eigenvalue weighted by Gasteiger charge is 2.14. The van der Waals surface area contributed by atoms with Gasteiger partial charge in [0, 0.05) is 33.3 Å². The molecule has 0 atom stereocenters. The van der Waals surface area contributed by atoms with Gasteiger partial charge in [0.2, 0.25) is 0 Å². The number of benzene rings is 1. The molecule has 0 aliphatic carbocycles. The standard InChI is InChI=1S/C16H7ClN2S2/c17-12-6-10-16(21-12)13-9-4-3-8-2-1-5-18-14(8)15(9)19-7-11(13)20-10/h1-7H. The van der Waals surface area contributed by atoms with Gasteiger partial charge in [0.1, 0.15) is 0 Å². The van der Waals surface area contributed by atoms with Gasteiger partial charge in [-0.25, -0.2) is 0 Å². The molecular formula is C16H7ClN2S2. The lowest BCUT2D eigenvalue weighted by atomic mass is 10.1. The van der Waals surface area contributed by atoms with E-state index in [0.717, 1.165) is 26.1 Å². The first-order valence-corrected chi connectivity index (χ1v) is 8.46. The second-order valence-corrected chi connectivity index (χ2v) is 7.65. The number of aromatic nitrogens is 2. The summed E-state index contributed by atoms with van der Waals surface area (Å²) in [6.07, 6.45) is 3.77. The van der Waals surface area contributed by atoms with Crippen molar-refractivity contribution in [2.75, 3.05) is 0 Å². The first-order chi connectivity index (χ1) is 10.3. The molecule has 5 aromatic rings. The summed E-state index contributed by atoms with van der Waals surface area (Å²) < 4.78 is 4.52. The van der Waals surface area contributed by atoms with E-state index in [4.69, 9.17) is 11.6 Å². The normalized spacial score (nSPS) is 12.0. The van der Waals surface area contributed by atoms with Crippen LogP contribution in [0.25, 0.3) is 41.3 Å². The Labute approximate surface area is 132 Å². The second kappa shape index (κ2) is 4.13. The molecule has 0 saturated carbocycles. The fraction of sp³-hybridized carbons (Fsp3) is 0. The molecule has 0 N–H and O–H groups in total. The zero-order valence-electron chi connectivity index (χ0n) is 10.6. The molecule has 21 heavy (non-hydrogen) atoms. The number of thiophene rings is 2. The Hall–Kier alpha value is -1.75. The van der Waals surface area contributed by atoms with E-state index < -0.39 is 0 Å². The number of nitrogens with zero attached hydrogens (tertiary/aromatic N) is 2. The first-order valence-electron chi connectivity index (χ1n) is 6.45. The van der Waals surface area contributed by atoms with E-state index in [1.54, 1.807) is 22.7 Å². The van der Waals surface area contributed by atoms with E-state index in [0.29, 0.717) is 0 Å². The van der Waals surface area contributed by atoms with Crippen LogP contribution in [0.4, 0.5) is 0 Å². The molecule has 0 spiro atoms. The van der Waals surface area contributed by atoms with E-state index in [2.05, 4.69) is 28.2 Å². The van der Waals surface area contributed by atoms with Gasteiger partial charge in [-0.1, -0.05) is 29.8 Å². The zero-order chi connectivity index (χ0) is 14.0. The summed E-state index contributed by atoms with van der Waals surface area (Å²) in [7, 11) is 0. The number of pyridine rings is 2. The number of fused-ring (bicyclic) bond motifs is 7. The molecule has 0 aliphatic heterocycles. The SMILES string of the molecule is Clc1cc2sc3cnc4c(ccc5cccnc54)c3c2s1. The molecular weight excluding hydrogens is 320 g/mol. The highest BCUT2D eigenvalue weighted by atomic mass is 35.5. The molecule has 100 valence electrons. The van der Waals surface area contributed by atoms with Crippen molar-refractivity contribution in [3.05, 3.63) is 47.1 Å². The van der Waals surface area contributed by atoms with E-state index in [-0.39, 0.29) is 0 Å². The van der Waals surface area contributed by atoms with Crippen LogP contribution in [0, 0.1) is 0 Å². The van der Waals surface area contributed by atoms with Gasteiger partial charge in [0.25, 0.3) is 0 Å². The molecule has 5 heteroatoms. The molecule has 0 radical (unpaired) electrons. The molecule has 4 heterocycles. The Balaban J connectivity index is 2.09. The molecule has 0 unspecified atom stereocenters. The van der Waals surface area contributed by atoms with E-state index in [1.807, 2.05) is 24.5 Å². The van der Waals surface area contributed by atoms with E-state index >= 15 is 0 Å². The maximum absolute atomic E-state index is 6.17. The number of rotatable bonds is 0. The maximum atomic E-state index is 6.17. The summed E-state index contributed by atoms with van der Waals surface area (Å²) in [5, 5.41) is 3.53. The summed E-state index contributed by atoms with van der Waals surface area (Å²) >= 11 is 9.55. The topological polar surface area (TPSA) is 25.8 Å². The minimum atomic E-state index is 0.835. The smallest absolute Gasteiger partial charge is 0.0972 e. The average molecular weight is 327 g/mol. The zero-order valence-corrected chi connectivity index (χ0v) is 13.0. The third-order valence-corrected chi connectivity index (χ3v) is 6.17. The van der Waals surface area contributed by atoms with E-state index in [1.165, 1.54) is 19.5 Å². The van der Waals surface area contributed by atoms with Crippen molar-refractivity contribution in [1.82, 2.24) is 9.97 Å². The highest BCUT2D eigenvalue weighted by molar-refractivity contribution is 7.34. The van der Waals surface area contributed by atoms with Gasteiger partial charge in [0.15, 0.2) is 0 Å². The van der Waals surface area contributed by atoms with Crippen molar-refractivity contribution in [2.24, 2.45) is 0 Å². The molecule has 0 fully saturated rings. The van der Waals surface area contributed by atoms with E-state index in [9.17, 15) is 0 Å². The van der Waals surface area contributed by atoms with Crippen molar-refractivity contribution in [1.29, 1.82) is 0 Å². The second-order valence-electron chi connectivity index (χ2n) is 4.88. The van der Waals surface area contributed by atoms with Crippen LogP contribution >= 0.6 is 34.3 Å². The fourth-order valence-corrected chi connectivity index (χ4v) is 5.48. The van der Waals surface area contributed by atoms with Crippen molar-refractivity contribution in [3.63, 3.8) is 0 Å². The largest absolute Gasteiger partial charge is 0.254 e. The molecule has 5 rings (SSSR count). The van der Waals surface area contributed by atoms with Crippen LogP contribution in [0.3, 0.4) is 0 Å². The summed E-state index contributed by atoms with van der Waals surface area (Å²) in [6.45, 7) is 0. The number of halogens is 1. The predicted octanol–water partition coefficient (Wildman–Crippen LogP) is 5.87.